The lowest BCUT2D eigenvalue weighted by atomic mass is 10.0. The van der Waals surface area contributed by atoms with Gasteiger partial charge in [0.2, 0.25) is 0 Å². The standard InChI is InChI=1S/C23H30ClN5O2/c1-3-15-5-7-19(27-22(15)30)16-4-6-17(12-16)28-8-10-29(11-9-28)21-14-26-20(13-18(21)24)23(31)25-2/h5,7,13-14,16-17H,3-4,6,8-12H2,1-2H3,(H,25,31)(H,27,30)/t16-,17-/m1/s1. The van der Waals surface area contributed by atoms with Gasteiger partial charge in [0.15, 0.2) is 0 Å². The molecule has 0 unspecified atom stereocenters. The number of anilines is 1. The summed E-state index contributed by atoms with van der Waals surface area (Å²) in [7, 11) is 1.58. The number of nitrogens with zero attached hydrogens (tertiary/aromatic N) is 3. The predicted octanol–water partition coefficient (Wildman–Crippen LogP) is 2.80. The Bertz CT molecular complexity index is 1000. The van der Waals surface area contributed by atoms with Crippen LogP contribution in [-0.4, -0.2) is 60.0 Å². The zero-order valence-electron chi connectivity index (χ0n) is 18.2. The minimum absolute atomic E-state index is 0.0602. The lowest BCUT2D eigenvalue weighted by Crippen LogP contribution is -2.50. The zero-order chi connectivity index (χ0) is 22.0. The van der Waals surface area contributed by atoms with Gasteiger partial charge in [-0.2, -0.15) is 0 Å². The summed E-state index contributed by atoms with van der Waals surface area (Å²) in [5.41, 5.74) is 3.21. The molecule has 0 bridgehead atoms. The van der Waals surface area contributed by atoms with Gasteiger partial charge in [-0.1, -0.05) is 24.6 Å². The fraction of sp³-hybridized carbons (Fsp3) is 0.522. The van der Waals surface area contributed by atoms with Gasteiger partial charge in [0.25, 0.3) is 11.5 Å². The highest BCUT2D eigenvalue weighted by Gasteiger charge is 2.32. The Morgan fingerprint density at radius 1 is 1.26 bits per heavy atom. The number of amides is 1. The Labute approximate surface area is 187 Å². The van der Waals surface area contributed by atoms with Gasteiger partial charge in [-0.3, -0.25) is 14.5 Å². The first-order valence-corrected chi connectivity index (χ1v) is 11.5. The van der Waals surface area contributed by atoms with E-state index in [1.165, 1.54) is 0 Å². The van der Waals surface area contributed by atoms with Crippen LogP contribution in [0.5, 0.6) is 0 Å². The third-order valence-corrected chi connectivity index (χ3v) is 7.01. The van der Waals surface area contributed by atoms with Crippen LogP contribution in [0.4, 0.5) is 5.69 Å². The van der Waals surface area contributed by atoms with Crippen LogP contribution in [0.15, 0.2) is 29.2 Å². The summed E-state index contributed by atoms with van der Waals surface area (Å²) in [6.45, 7) is 5.70. The summed E-state index contributed by atoms with van der Waals surface area (Å²) in [4.78, 5) is 36.1. The molecule has 3 heterocycles. The fourth-order valence-corrected chi connectivity index (χ4v) is 5.12. The summed E-state index contributed by atoms with van der Waals surface area (Å²) in [5.74, 6) is 0.192. The number of piperazine rings is 1. The van der Waals surface area contributed by atoms with E-state index in [4.69, 9.17) is 11.6 Å². The number of aromatic nitrogens is 2. The van der Waals surface area contributed by atoms with E-state index >= 15 is 0 Å². The summed E-state index contributed by atoms with van der Waals surface area (Å²) in [6.07, 6.45) is 5.82. The van der Waals surface area contributed by atoms with Gasteiger partial charge in [-0.25, -0.2) is 4.98 Å². The van der Waals surface area contributed by atoms with Crippen molar-refractivity contribution < 1.29 is 4.79 Å². The van der Waals surface area contributed by atoms with E-state index in [0.717, 1.165) is 68.8 Å². The number of nitrogens with one attached hydrogen (secondary N) is 2. The average Bonchev–Trinajstić information content (AvgIpc) is 3.29. The Kier molecular flexibility index (Phi) is 6.62. The van der Waals surface area contributed by atoms with Crippen LogP contribution in [0.3, 0.4) is 0 Å². The quantitative estimate of drug-likeness (QED) is 0.742. The van der Waals surface area contributed by atoms with Crippen LogP contribution in [0.1, 0.15) is 53.8 Å². The molecule has 0 aromatic carbocycles. The maximum absolute atomic E-state index is 12.2. The van der Waals surface area contributed by atoms with E-state index in [1.807, 2.05) is 13.0 Å². The second-order valence-electron chi connectivity index (χ2n) is 8.41. The predicted molar refractivity (Wildman–Crippen MR) is 123 cm³/mol. The van der Waals surface area contributed by atoms with Crippen molar-refractivity contribution in [2.45, 2.75) is 44.6 Å². The molecule has 7 nitrogen and oxygen atoms in total. The molecule has 2 fully saturated rings. The number of hydrogen-bond acceptors (Lipinski definition) is 5. The normalized spacial score (nSPS) is 22.0. The van der Waals surface area contributed by atoms with Crippen molar-refractivity contribution in [3.63, 3.8) is 0 Å². The van der Waals surface area contributed by atoms with Crippen molar-refractivity contribution in [3.8, 4) is 0 Å². The number of rotatable bonds is 5. The first-order valence-electron chi connectivity index (χ1n) is 11.1. The molecule has 2 aromatic rings. The van der Waals surface area contributed by atoms with Gasteiger partial charge in [0, 0.05) is 56.4 Å². The van der Waals surface area contributed by atoms with E-state index in [-0.39, 0.29) is 11.5 Å². The van der Waals surface area contributed by atoms with Crippen molar-refractivity contribution in [2.24, 2.45) is 0 Å². The number of pyridine rings is 2. The molecule has 0 radical (unpaired) electrons. The Hall–Kier alpha value is -2.38. The number of carbonyl (C=O) groups is 1. The highest BCUT2D eigenvalue weighted by Crippen LogP contribution is 2.36. The first-order chi connectivity index (χ1) is 15.0. The van der Waals surface area contributed by atoms with Crippen molar-refractivity contribution in [3.05, 3.63) is 56.7 Å². The van der Waals surface area contributed by atoms with Gasteiger partial charge in [-0.05, 0) is 37.8 Å². The molecule has 1 aliphatic carbocycles. The molecule has 166 valence electrons. The lowest BCUT2D eigenvalue weighted by molar-refractivity contribution is 0.0958. The molecule has 2 atom stereocenters. The molecule has 4 rings (SSSR count). The highest BCUT2D eigenvalue weighted by atomic mass is 35.5. The summed E-state index contributed by atoms with van der Waals surface area (Å²) >= 11 is 6.44. The molecular formula is C23H30ClN5O2. The minimum Gasteiger partial charge on any atom is -0.367 e. The van der Waals surface area contributed by atoms with Crippen LogP contribution in [-0.2, 0) is 6.42 Å². The van der Waals surface area contributed by atoms with Gasteiger partial charge < -0.3 is 15.2 Å². The zero-order valence-corrected chi connectivity index (χ0v) is 18.9. The largest absolute Gasteiger partial charge is 0.367 e. The summed E-state index contributed by atoms with van der Waals surface area (Å²) in [6, 6.07) is 6.26. The summed E-state index contributed by atoms with van der Waals surface area (Å²) in [5, 5.41) is 3.13. The summed E-state index contributed by atoms with van der Waals surface area (Å²) < 4.78 is 0. The number of halogens is 1. The third-order valence-electron chi connectivity index (χ3n) is 6.70. The molecule has 2 aromatic heterocycles. The van der Waals surface area contributed by atoms with Crippen LogP contribution in [0.25, 0.3) is 0 Å². The second kappa shape index (κ2) is 9.40. The molecule has 2 aliphatic rings. The maximum Gasteiger partial charge on any atom is 0.269 e. The van der Waals surface area contributed by atoms with Gasteiger partial charge in [0.1, 0.15) is 5.69 Å². The van der Waals surface area contributed by atoms with Crippen LogP contribution < -0.4 is 15.8 Å². The smallest absolute Gasteiger partial charge is 0.269 e. The monoisotopic (exact) mass is 443 g/mol. The molecule has 1 saturated carbocycles. The topological polar surface area (TPSA) is 81.3 Å². The molecular weight excluding hydrogens is 414 g/mol. The first kappa shape index (κ1) is 21.8. The maximum atomic E-state index is 12.2. The van der Waals surface area contributed by atoms with E-state index in [0.29, 0.717) is 22.7 Å². The minimum atomic E-state index is -0.236. The van der Waals surface area contributed by atoms with Crippen LogP contribution in [0.2, 0.25) is 5.02 Å². The Balaban J connectivity index is 1.35. The molecule has 31 heavy (non-hydrogen) atoms. The van der Waals surface area contributed by atoms with Crippen molar-refractivity contribution in [1.82, 2.24) is 20.2 Å². The lowest BCUT2D eigenvalue weighted by Gasteiger charge is -2.39. The van der Waals surface area contributed by atoms with Gasteiger partial charge >= 0.3 is 0 Å². The molecule has 0 spiro atoms. The van der Waals surface area contributed by atoms with E-state index in [1.54, 1.807) is 19.3 Å². The van der Waals surface area contributed by atoms with E-state index < -0.39 is 0 Å². The highest BCUT2D eigenvalue weighted by molar-refractivity contribution is 6.33. The van der Waals surface area contributed by atoms with E-state index in [2.05, 4.69) is 31.2 Å². The van der Waals surface area contributed by atoms with Crippen LogP contribution >= 0.6 is 11.6 Å². The Morgan fingerprint density at radius 3 is 2.68 bits per heavy atom. The number of aromatic amines is 1. The molecule has 1 saturated heterocycles. The fourth-order valence-electron chi connectivity index (χ4n) is 4.84. The third kappa shape index (κ3) is 4.62. The molecule has 1 aliphatic heterocycles. The van der Waals surface area contributed by atoms with Crippen molar-refractivity contribution >= 4 is 23.2 Å². The SMILES string of the molecule is CCc1ccc([C@@H]2CC[C@@H](N3CCN(c4cnc(C(=O)NC)cc4Cl)CC3)C2)[nH]c1=O. The molecule has 2 N–H and O–H groups in total. The Morgan fingerprint density at radius 2 is 2.03 bits per heavy atom. The number of hydrogen-bond donors (Lipinski definition) is 2. The molecule has 8 heteroatoms. The van der Waals surface area contributed by atoms with Crippen molar-refractivity contribution in [2.75, 3.05) is 38.1 Å². The van der Waals surface area contributed by atoms with Gasteiger partial charge in [-0.15, -0.1) is 0 Å². The van der Waals surface area contributed by atoms with Crippen molar-refractivity contribution in [1.29, 1.82) is 0 Å². The van der Waals surface area contributed by atoms with Gasteiger partial charge in [0.05, 0.1) is 16.9 Å². The van der Waals surface area contributed by atoms with Crippen LogP contribution in [0, 0.1) is 0 Å². The number of H-pyrrole nitrogens is 1. The number of carbonyl (C=O) groups excluding carboxylic acids is 1. The average molecular weight is 444 g/mol. The van der Waals surface area contributed by atoms with E-state index in [9.17, 15) is 9.59 Å². The number of aryl methyl sites for hydroxylation is 1. The molecule has 1 amide bonds. The second-order valence-corrected chi connectivity index (χ2v) is 8.82.